The van der Waals surface area contributed by atoms with Gasteiger partial charge in [0.25, 0.3) is 5.91 Å². The van der Waals surface area contributed by atoms with Crippen LogP contribution in [0, 0.1) is 0 Å². The minimum absolute atomic E-state index is 0.00770. The first-order valence-corrected chi connectivity index (χ1v) is 11.2. The molecule has 2 aromatic carbocycles. The van der Waals surface area contributed by atoms with Crippen molar-refractivity contribution in [2.75, 3.05) is 13.1 Å². The van der Waals surface area contributed by atoms with Gasteiger partial charge in [-0.15, -0.1) is 0 Å². The Labute approximate surface area is 194 Å². The molecular formula is C24H31ClN4O3. The predicted molar refractivity (Wildman–Crippen MR) is 126 cm³/mol. The van der Waals surface area contributed by atoms with Gasteiger partial charge in [0, 0.05) is 30.2 Å². The smallest absolute Gasteiger partial charge is 0.312 e. The van der Waals surface area contributed by atoms with Crippen LogP contribution in [0.25, 0.3) is 0 Å². The summed E-state index contributed by atoms with van der Waals surface area (Å²) >= 11 is 6.21. The molecule has 0 aromatic heterocycles. The van der Waals surface area contributed by atoms with Crippen molar-refractivity contribution >= 4 is 29.4 Å². The number of carbonyl (C=O) groups is 3. The zero-order chi connectivity index (χ0) is 23.5. The van der Waals surface area contributed by atoms with Crippen molar-refractivity contribution in [1.29, 1.82) is 0 Å². The molecule has 0 bridgehead atoms. The Kier molecular flexibility index (Phi) is 10.0. The lowest BCUT2D eigenvalue weighted by Crippen LogP contribution is -2.36. The third kappa shape index (κ3) is 7.57. The van der Waals surface area contributed by atoms with Gasteiger partial charge in [-0.3, -0.25) is 9.59 Å². The fourth-order valence-electron chi connectivity index (χ4n) is 3.43. The molecule has 0 radical (unpaired) electrons. The van der Waals surface area contributed by atoms with Crippen LogP contribution in [0.2, 0.25) is 5.02 Å². The monoisotopic (exact) mass is 458 g/mol. The second-order valence-electron chi connectivity index (χ2n) is 7.55. The summed E-state index contributed by atoms with van der Waals surface area (Å²) in [6, 6.07) is 12.8. The molecule has 0 saturated heterocycles. The Morgan fingerprint density at radius 2 is 1.62 bits per heavy atom. The highest BCUT2D eigenvalue weighted by atomic mass is 35.5. The van der Waals surface area contributed by atoms with Crippen molar-refractivity contribution in [3.63, 3.8) is 0 Å². The molecule has 4 N–H and O–H groups in total. The summed E-state index contributed by atoms with van der Waals surface area (Å²) in [6.45, 7) is 5.87. The van der Waals surface area contributed by atoms with Crippen molar-refractivity contribution in [3.8, 4) is 0 Å². The van der Waals surface area contributed by atoms with Crippen molar-refractivity contribution in [2.45, 2.75) is 45.7 Å². The lowest BCUT2D eigenvalue weighted by atomic mass is 10.0. The van der Waals surface area contributed by atoms with Gasteiger partial charge in [0.1, 0.15) is 0 Å². The van der Waals surface area contributed by atoms with Crippen LogP contribution < -0.4 is 16.4 Å². The highest BCUT2D eigenvalue weighted by Crippen LogP contribution is 2.25. The molecule has 0 fully saturated rings. The quantitative estimate of drug-likeness (QED) is 0.473. The molecule has 0 saturated carbocycles. The molecule has 172 valence electrons. The third-order valence-electron chi connectivity index (χ3n) is 4.95. The zero-order valence-corrected chi connectivity index (χ0v) is 19.3. The van der Waals surface area contributed by atoms with Crippen LogP contribution in [0.5, 0.6) is 0 Å². The van der Waals surface area contributed by atoms with E-state index in [1.807, 2.05) is 17.0 Å². The van der Waals surface area contributed by atoms with E-state index in [2.05, 4.69) is 24.5 Å². The van der Waals surface area contributed by atoms with E-state index in [4.69, 9.17) is 17.3 Å². The summed E-state index contributed by atoms with van der Waals surface area (Å²) in [5.41, 5.74) is 7.38. The molecule has 0 aliphatic carbocycles. The standard InChI is InChI=1S/C24H31ClN4O3/c1-3-13-29(14-4-2)23(31)18-11-9-17(10-12-18)16-27-22(30)15-21(28-24(26)32)19-7-5-6-8-20(19)25/h5-12,21H,3-4,13-16H2,1-2H3,(H,27,30)(H3,26,28,32)/t21-/m0/s1. The van der Waals surface area contributed by atoms with Gasteiger partial charge in [0.05, 0.1) is 12.5 Å². The normalized spacial score (nSPS) is 11.5. The van der Waals surface area contributed by atoms with Crippen molar-refractivity contribution in [3.05, 3.63) is 70.2 Å². The minimum atomic E-state index is -0.733. The molecule has 2 rings (SSSR count). The number of benzene rings is 2. The Balaban J connectivity index is 1.97. The van der Waals surface area contributed by atoms with Crippen LogP contribution in [-0.4, -0.2) is 35.8 Å². The van der Waals surface area contributed by atoms with E-state index in [0.29, 0.717) is 22.7 Å². The van der Waals surface area contributed by atoms with Gasteiger partial charge in [-0.2, -0.15) is 0 Å². The van der Waals surface area contributed by atoms with E-state index in [0.717, 1.165) is 31.5 Å². The maximum atomic E-state index is 12.7. The van der Waals surface area contributed by atoms with E-state index in [9.17, 15) is 14.4 Å². The number of hydrogen-bond acceptors (Lipinski definition) is 3. The number of amides is 4. The number of nitrogens with one attached hydrogen (secondary N) is 2. The first-order valence-electron chi connectivity index (χ1n) is 10.8. The number of nitrogens with zero attached hydrogens (tertiary/aromatic N) is 1. The summed E-state index contributed by atoms with van der Waals surface area (Å²) in [7, 11) is 0. The number of primary amides is 1. The SMILES string of the molecule is CCCN(CCC)C(=O)c1ccc(CNC(=O)C[C@H](NC(N)=O)c2ccccc2Cl)cc1. The molecule has 0 aliphatic heterocycles. The van der Waals surface area contributed by atoms with Gasteiger partial charge in [0.2, 0.25) is 5.91 Å². The third-order valence-corrected chi connectivity index (χ3v) is 5.30. The first-order chi connectivity index (χ1) is 15.3. The minimum Gasteiger partial charge on any atom is -0.352 e. The molecule has 1 atom stereocenters. The van der Waals surface area contributed by atoms with Crippen molar-refractivity contribution in [1.82, 2.24) is 15.5 Å². The molecule has 0 spiro atoms. The largest absolute Gasteiger partial charge is 0.352 e. The Morgan fingerprint density at radius 1 is 1.00 bits per heavy atom. The predicted octanol–water partition coefficient (Wildman–Crippen LogP) is 4.02. The number of nitrogens with two attached hydrogens (primary N) is 1. The molecule has 8 heteroatoms. The maximum absolute atomic E-state index is 12.7. The molecule has 0 heterocycles. The van der Waals surface area contributed by atoms with Crippen molar-refractivity contribution < 1.29 is 14.4 Å². The van der Waals surface area contributed by atoms with Crippen LogP contribution in [0.4, 0.5) is 4.79 Å². The van der Waals surface area contributed by atoms with E-state index >= 15 is 0 Å². The Bertz CT molecular complexity index is 912. The molecular weight excluding hydrogens is 428 g/mol. The van der Waals surface area contributed by atoms with Gasteiger partial charge < -0.3 is 21.3 Å². The van der Waals surface area contributed by atoms with E-state index in [-0.39, 0.29) is 18.2 Å². The van der Waals surface area contributed by atoms with Crippen LogP contribution >= 0.6 is 11.6 Å². The molecule has 0 unspecified atom stereocenters. The van der Waals surface area contributed by atoms with Crippen LogP contribution in [0.1, 0.15) is 60.6 Å². The van der Waals surface area contributed by atoms with E-state index in [1.54, 1.807) is 36.4 Å². The van der Waals surface area contributed by atoms with E-state index in [1.165, 1.54) is 0 Å². The number of halogens is 1. The van der Waals surface area contributed by atoms with Crippen LogP contribution in [-0.2, 0) is 11.3 Å². The highest BCUT2D eigenvalue weighted by Gasteiger charge is 2.20. The fraction of sp³-hybridized carbons (Fsp3) is 0.375. The lowest BCUT2D eigenvalue weighted by molar-refractivity contribution is -0.121. The summed E-state index contributed by atoms with van der Waals surface area (Å²) < 4.78 is 0. The van der Waals surface area contributed by atoms with Gasteiger partial charge >= 0.3 is 6.03 Å². The number of carbonyl (C=O) groups excluding carboxylic acids is 3. The van der Waals surface area contributed by atoms with Crippen LogP contribution in [0.3, 0.4) is 0 Å². The second-order valence-corrected chi connectivity index (χ2v) is 7.96. The average Bonchev–Trinajstić information content (AvgIpc) is 2.77. The second kappa shape index (κ2) is 12.7. The van der Waals surface area contributed by atoms with Crippen LogP contribution in [0.15, 0.2) is 48.5 Å². The molecule has 7 nitrogen and oxygen atoms in total. The number of hydrogen-bond donors (Lipinski definition) is 3. The number of urea groups is 1. The van der Waals surface area contributed by atoms with Crippen molar-refractivity contribution in [2.24, 2.45) is 5.73 Å². The van der Waals surface area contributed by atoms with Gasteiger partial charge in [-0.25, -0.2) is 4.79 Å². The number of rotatable bonds is 11. The van der Waals surface area contributed by atoms with Gasteiger partial charge in [0.15, 0.2) is 0 Å². The van der Waals surface area contributed by atoms with Gasteiger partial charge in [-0.1, -0.05) is 55.8 Å². The Morgan fingerprint density at radius 3 is 2.19 bits per heavy atom. The highest BCUT2D eigenvalue weighted by molar-refractivity contribution is 6.31. The maximum Gasteiger partial charge on any atom is 0.312 e. The lowest BCUT2D eigenvalue weighted by Gasteiger charge is -2.21. The average molecular weight is 459 g/mol. The van der Waals surface area contributed by atoms with E-state index < -0.39 is 12.1 Å². The molecule has 0 aliphatic rings. The van der Waals surface area contributed by atoms with Gasteiger partial charge in [-0.05, 0) is 42.2 Å². The Hall–Kier alpha value is -3.06. The molecule has 32 heavy (non-hydrogen) atoms. The summed E-state index contributed by atoms with van der Waals surface area (Å²) in [5.74, 6) is -0.245. The zero-order valence-electron chi connectivity index (χ0n) is 18.6. The fourth-order valence-corrected chi connectivity index (χ4v) is 3.70. The summed E-state index contributed by atoms with van der Waals surface area (Å²) in [4.78, 5) is 38.4. The molecule has 2 aromatic rings. The topological polar surface area (TPSA) is 105 Å². The molecule has 4 amide bonds. The summed E-state index contributed by atoms with van der Waals surface area (Å²) in [5, 5.41) is 5.85. The first kappa shape index (κ1) is 25.2. The summed E-state index contributed by atoms with van der Waals surface area (Å²) in [6.07, 6.45) is 1.82.